The predicted octanol–water partition coefficient (Wildman–Crippen LogP) is 2.56. The van der Waals surface area contributed by atoms with Crippen LogP contribution >= 0.6 is 12.4 Å². The summed E-state index contributed by atoms with van der Waals surface area (Å²) in [6, 6.07) is 5.98. The van der Waals surface area contributed by atoms with Crippen molar-refractivity contribution in [2.75, 3.05) is 40.0 Å². The van der Waals surface area contributed by atoms with E-state index in [9.17, 15) is 4.79 Å². The summed E-state index contributed by atoms with van der Waals surface area (Å²) in [5, 5.41) is 3.63. The summed E-state index contributed by atoms with van der Waals surface area (Å²) in [6.07, 6.45) is 5.56. The maximum atomic E-state index is 12.7. The fourth-order valence-electron chi connectivity index (χ4n) is 4.67. The van der Waals surface area contributed by atoms with Gasteiger partial charge in [0, 0.05) is 43.9 Å². The van der Waals surface area contributed by atoms with Gasteiger partial charge in [0.25, 0.3) is 5.56 Å². The third-order valence-electron chi connectivity index (χ3n) is 6.63. The molecule has 0 radical (unpaired) electrons. The van der Waals surface area contributed by atoms with Crippen LogP contribution in [0.5, 0.6) is 17.2 Å². The largest absolute Gasteiger partial charge is 0.495 e. The van der Waals surface area contributed by atoms with E-state index in [0.29, 0.717) is 38.1 Å². The highest BCUT2D eigenvalue weighted by atomic mass is 35.5. The Kier molecular flexibility index (Phi) is 8.10. The molecule has 0 amide bonds. The molecule has 0 aromatic carbocycles. The lowest BCUT2D eigenvalue weighted by molar-refractivity contribution is 0.170. The number of hydrogen-bond acceptors (Lipinski definition) is 8. The summed E-state index contributed by atoms with van der Waals surface area (Å²) in [5.74, 6) is 2.16. The fraction of sp³-hybridized carbons (Fsp3) is 0.480. The summed E-state index contributed by atoms with van der Waals surface area (Å²) in [5.41, 5.74) is 3.52. The molecule has 3 aromatic heterocycles. The first-order valence-electron chi connectivity index (χ1n) is 11.8. The van der Waals surface area contributed by atoms with Gasteiger partial charge in [-0.2, -0.15) is 0 Å². The molecule has 5 heterocycles. The molecule has 2 aliphatic heterocycles. The maximum absolute atomic E-state index is 12.7. The zero-order chi connectivity index (χ0) is 23.5. The highest BCUT2D eigenvalue weighted by Crippen LogP contribution is 2.29. The molecule has 1 saturated heterocycles. The van der Waals surface area contributed by atoms with E-state index < -0.39 is 0 Å². The third kappa shape index (κ3) is 5.69. The predicted molar refractivity (Wildman–Crippen MR) is 136 cm³/mol. The van der Waals surface area contributed by atoms with Crippen LogP contribution in [0, 0.1) is 6.92 Å². The molecule has 0 spiro atoms. The zero-order valence-corrected chi connectivity index (χ0v) is 21.0. The lowest BCUT2D eigenvalue weighted by Gasteiger charge is -2.32. The number of halogens is 1. The Morgan fingerprint density at radius 1 is 1.06 bits per heavy atom. The van der Waals surface area contributed by atoms with E-state index in [2.05, 4.69) is 20.2 Å². The third-order valence-corrected chi connectivity index (χ3v) is 6.63. The van der Waals surface area contributed by atoms with Crippen molar-refractivity contribution in [3.05, 3.63) is 52.2 Å². The highest BCUT2D eigenvalue weighted by molar-refractivity contribution is 5.85. The standard InChI is InChI=1S/C25H31N5O4.ClH/c1-17-11-24(31)30(21-13-20(32-2)15-28-25(17)21)8-7-29-5-3-18(4-6-29)26-14-19-12-22-23(16-27-19)34-10-9-33-22;/h11-13,15-16,18,26H,3-10,14H2,1-2H3;1H. The topological polar surface area (TPSA) is 90.7 Å². The lowest BCUT2D eigenvalue weighted by atomic mass is 10.0. The van der Waals surface area contributed by atoms with E-state index in [-0.39, 0.29) is 18.0 Å². The second kappa shape index (κ2) is 11.2. The Balaban J connectivity index is 0.00000289. The summed E-state index contributed by atoms with van der Waals surface area (Å²) in [6.45, 7) is 7.22. The van der Waals surface area contributed by atoms with E-state index in [0.717, 1.165) is 66.3 Å². The van der Waals surface area contributed by atoms with Crippen LogP contribution in [0.15, 0.2) is 35.4 Å². The molecule has 35 heavy (non-hydrogen) atoms. The Hall–Kier alpha value is -2.88. The Bertz CT molecular complexity index is 1230. The number of nitrogens with one attached hydrogen (secondary N) is 1. The summed E-state index contributed by atoms with van der Waals surface area (Å²) < 4.78 is 18.3. The second-order valence-electron chi connectivity index (χ2n) is 8.88. The molecule has 5 rings (SSSR count). The van der Waals surface area contributed by atoms with Crippen molar-refractivity contribution in [2.24, 2.45) is 0 Å². The van der Waals surface area contributed by atoms with Gasteiger partial charge in [-0.25, -0.2) is 0 Å². The van der Waals surface area contributed by atoms with Gasteiger partial charge in [0.15, 0.2) is 11.5 Å². The number of methoxy groups -OCH3 is 1. The molecule has 0 saturated carbocycles. The van der Waals surface area contributed by atoms with Gasteiger partial charge in [-0.3, -0.25) is 14.8 Å². The summed E-state index contributed by atoms with van der Waals surface area (Å²) in [4.78, 5) is 24.1. The van der Waals surface area contributed by atoms with Crippen LogP contribution in [0.25, 0.3) is 11.0 Å². The molecule has 9 nitrogen and oxygen atoms in total. The maximum Gasteiger partial charge on any atom is 0.251 e. The number of rotatable bonds is 7. The van der Waals surface area contributed by atoms with Crippen molar-refractivity contribution in [3.8, 4) is 17.2 Å². The molecule has 0 aliphatic carbocycles. The van der Waals surface area contributed by atoms with E-state index in [4.69, 9.17) is 14.2 Å². The average molecular weight is 502 g/mol. The van der Waals surface area contributed by atoms with E-state index in [1.807, 2.05) is 23.6 Å². The van der Waals surface area contributed by atoms with Crippen molar-refractivity contribution in [2.45, 2.75) is 38.9 Å². The smallest absolute Gasteiger partial charge is 0.251 e. The van der Waals surface area contributed by atoms with Crippen LogP contribution in [0.4, 0.5) is 0 Å². The Morgan fingerprint density at radius 2 is 1.83 bits per heavy atom. The molecule has 1 N–H and O–H groups in total. The molecular weight excluding hydrogens is 470 g/mol. The van der Waals surface area contributed by atoms with E-state index in [1.165, 1.54) is 0 Å². The van der Waals surface area contributed by atoms with Gasteiger partial charge in [0.1, 0.15) is 19.0 Å². The number of ether oxygens (including phenoxy) is 3. The van der Waals surface area contributed by atoms with Gasteiger partial charge in [0.05, 0.1) is 36.2 Å². The van der Waals surface area contributed by atoms with Gasteiger partial charge < -0.3 is 29.0 Å². The van der Waals surface area contributed by atoms with Crippen molar-refractivity contribution in [1.82, 2.24) is 24.8 Å². The highest BCUT2D eigenvalue weighted by Gasteiger charge is 2.20. The second-order valence-corrected chi connectivity index (χ2v) is 8.88. The van der Waals surface area contributed by atoms with Crippen LogP contribution in [-0.4, -0.2) is 65.4 Å². The number of likely N-dealkylation sites (tertiary alicyclic amines) is 1. The summed E-state index contributed by atoms with van der Waals surface area (Å²) in [7, 11) is 1.61. The van der Waals surface area contributed by atoms with Gasteiger partial charge in [-0.1, -0.05) is 0 Å². The molecule has 0 unspecified atom stereocenters. The van der Waals surface area contributed by atoms with Crippen LogP contribution in [0.3, 0.4) is 0 Å². The fourth-order valence-corrected chi connectivity index (χ4v) is 4.67. The van der Waals surface area contributed by atoms with Gasteiger partial charge >= 0.3 is 0 Å². The van der Waals surface area contributed by atoms with Gasteiger partial charge in [0.2, 0.25) is 0 Å². The minimum Gasteiger partial charge on any atom is -0.495 e. The van der Waals surface area contributed by atoms with Crippen LogP contribution < -0.4 is 25.1 Å². The lowest BCUT2D eigenvalue weighted by Crippen LogP contribution is -2.43. The SMILES string of the molecule is COc1cnc2c(C)cc(=O)n(CCN3CCC(NCc4cc5c(cn4)OCCO5)CC3)c2c1.Cl. The summed E-state index contributed by atoms with van der Waals surface area (Å²) >= 11 is 0. The normalized spacial score (nSPS) is 16.2. The monoisotopic (exact) mass is 501 g/mol. The van der Waals surface area contributed by atoms with Crippen molar-refractivity contribution in [3.63, 3.8) is 0 Å². The zero-order valence-electron chi connectivity index (χ0n) is 20.2. The quantitative estimate of drug-likeness (QED) is 0.528. The van der Waals surface area contributed by atoms with Crippen molar-refractivity contribution in [1.29, 1.82) is 0 Å². The number of aromatic nitrogens is 3. The van der Waals surface area contributed by atoms with Gasteiger partial charge in [-0.05, 0) is 38.4 Å². The first-order chi connectivity index (χ1) is 16.6. The first kappa shape index (κ1) is 25.2. The molecule has 0 bridgehead atoms. The number of piperidine rings is 1. The molecule has 3 aromatic rings. The van der Waals surface area contributed by atoms with E-state index in [1.54, 1.807) is 25.6 Å². The average Bonchev–Trinajstić information content (AvgIpc) is 2.87. The molecule has 10 heteroatoms. The Labute approximate surface area is 210 Å². The molecule has 2 aliphatic rings. The number of pyridine rings is 3. The van der Waals surface area contributed by atoms with Crippen LogP contribution in [0.2, 0.25) is 0 Å². The molecular formula is C25H32ClN5O4. The van der Waals surface area contributed by atoms with Crippen LogP contribution in [-0.2, 0) is 13.1 Å². The number of nitrogens with zero attached hydrogens (tertiary/aromatic N) is 4. The molecule has 0 atom stereocenters. The van der Waals surface area contributed by atoms with Crippen molar-refractivity contribution >= 4 is 23.4 Å². The molecule has 188 valence electrons. The van der Waals surface area contributed by atoms with Crippen LogP contribution in [0.1, 0.15) is 24.1 Å². The van der Waals surface area contributed by atoms with E-state index >= 15 is 0 Å². The van der Waals surface area contributed by atoms with Crippen molar-refractivity contribution < 1.29 is 14.2 Å². The number of aryl methyl sites for hydroxylation is 1. The number of hydrogen-bond donors (Lipinski definition) is 1. The first-order valence-corrected chi connectivity index (χ1v) is 11.8. The number of fused-ring (bicyclic) bond motifs is 2. The Morgan fingerprint density at radius 3 is 2.60 bits per heavy atom. The minimum atomic E-state index is 0. The minimum absolute atomic E-state index is 0. The van der Waals surface area contributed by atoms with Gasteiger partial charge in [-0.15, -0.1) is 12.4 Å². The molecule has 1 fully saturated rings.